The maximum Gasteiger partial charge on any atom is 0.251 e. The highest BCUT2D eigenvalue weighted by molar-refractivity contribution is 5.94. The zero-order valence-electron chi connectivity index (χ0n) is 17.0. The summed E-state index contributed by atoms with van der Waals surface area (Å²) in [4.78, 5) is 22.0. The van der Waals surface area contributed by atoms with Crippen LogP contribution < -0.4 is 10.2 Å². The van der Waals surface area contributed by atoms with Crippen molar-refractivity contribution in [2.75, 3.05) is 38.1 Å². The van der Waals surface area contributed by atoms with Crippen LogP contribution in [0.15, 0.2) is 30.5 Å². The van der Waals surface area contributed by atoms with Crippen molar-refractivity contribution < 1.29 is 9.53 Å². The van der Waals surface area contributed by atoms with E-state index in [2.05, 4.69) is 52.3 Å². The van der Waals surface area contributed by atoms with Crippen molar-refractivity contribution in [2.45, 2.75) is 44.9 Å². The molecule has 150 valence electrons. The standard InChI is InChI=1S/C22H30N4O2/c1-15-6-7-19(18-5-4-10-23-21(15)18)26-13-16(2)28-20(14-26)22(27)24-17-8-11-25(3)12-9-17/h4-7,10,16-17,20H,8-9,11-14H2,1-3H3,(H,24,27). The Bertz CT molecular complexity index is 848. The molecule has 0 aliphatic carbocycles. The molecule has 4 rings (SSSR count). The number of morpholine rings is 1. The summed E-state index contributed by atoms with van der Waals surface area (Å²) in [5.41, 5.74) is 3.31. The number of aryl methyl sites for hydroxylation is 1. The number of anilines is 1. The van der Waals surface area contributed by atoms with Gasteiger partial charge >= 0.3 is 0 Å². The molecule has 3 heterocycles. The lowest BCUT2D eigenvalue weighted by molar-refractivity contribution is -0.138. The first kappa shape index (κ1) is 19.2. The second kappa shape index (κ2) is 8.05. The molecule has 2 unspecified atom stereocenters. The van der Waals surface area contributed by atoms with E-state index >= 15 is 0 Å². The summed E-state index contributed by atoms with van der Waals surface area (Å²) < 4.78 is 6.02. The molecule has 1 aromatic carbocycles. The fourth-order valence-corrected chi connectivity index (χ4v) is 4.31. The van der Waals surface area contributed by atoms with Gasteiger partial charge in [-0.25, -0.2) is 0 Å². The molecule has 2 aliphatic heterocycles. The van der Waals surface area contributed by atoms with Gasteiger partial charge in [-0.15, -0.1) is 0 Å². The summed E-state index contributed by atoms with van der Waals surface area (Å²) in [6.45, 7) is 7.51. The van der Waals surface area contributed by atoms with Crippen LogP contribution in [0.3, 0.4) is 0 Å². The lowest BCUT2D eigenvalue weighted by Gasteiger charge is -2.39. The number of benzene rings is 1. The smallest absolute Gasteiger partial charge is 0.251 e. The summed E-state index contributed by atoms with van der Waals surface area (Å²) >= 11 is 0. The molecule has 0 spiro atoms. The van der Waals surface area contributed by atoms with Gasteiger partial charge in [0.1, 0.15) is 0 Å². The molecule has 0 radical (unpaired) electrons. The van der Waals surface area contributed by atoms with Crippen LogP contribution in [-0.4, -0.2) is 67.3 Å². The number of hydrogen-bond donors (Lipinski definition) is 1. The predicted octanol–water partition coefficient (Wildman–Crippen LogP) is 2.35. The van der Waals surface area contributed by atoms with Gasteiger partial charge in [0.2, 0.25) is 0 Å². The summed E-state index contributed by atoms with van der Waals surface area (Å²) in [5.74, 6) is 0.0145. The Labute approximate surface area is 166 Å². The van der Waals surface area contributed by atoms with E-state index in [1.54, 1.807) is 0 Å². The van der Waals surface area contributed by atoms with Gasteiger partial charge in [0, 0.05) is 29.9 Å². The van der Waals surface area contributed by atoms with E-state index in [0.29, 0.717) is 6.54 Å². The number of amides is 1. The summed E-state index contributed by atoms with van der Waals surface area (Å²) in [6, 6.07) is 8.59. The van der Waals surface area contributed by atoms with E-state index in [-0.39, 0.29) is 18.1 Å². The Kier molecular flexibility index (Phi) is 5.51. The summed E-state index contributed by atoms with van der Waals surface area (Å²) in [7, 11) is 2.13. The van der Waals surface area contributed by atoms with Crippen molar-refractivity contribution in [3.63, 3.8) is 0 Å². The van der Waals surface area contributed by atoms with E-state index in [0.717, 1.165) is 54.6 Å². The molecule has 0 saturated carbocycles. The lowest BCUT2D eigenvalue weighted by Crippen LogP contribution is -2.55. The molecule has 0 bridgehead atoms. The van der Waals surface area contributed by atoms with Crippen molar-refractivity contribution in [2.24, 2.45) is 0 Å². The van der Waals surface area contributed by atoms with Crippen LogP contribution in [0.1, 0.15) is 25.3 Å². The van der Waals surface area contributed by atoms with Crippen LogP contribution in [-0.2, 0) is 9.53 Å². The second-order valence-corrected chi connectivity index (χ2v) is 8.23. The topological polar surface area (TPSA) is 57.7 Å². The first-order chi connectivity index (χ1) is 13.5. The minimum Gasteiger partial charge on any atom is -0.365 e. The van der Waals surface area contributed by atoms with E-state index in [1.165, 1.54) is 0 Å². The molecule has 2 aliphatic rings. The van der Waals surface area contributed by atoms with E-state index < -0.39 is 6.10 Å². The number of rotatable bonds is 3. The molecule has 6 heteroatoms. The molecule has 2 atom stereocenters. The monoisotopic (exact) mass is 382 g/mol. The minimum absolute atomic E-state index is 0.00462. The summed E-state index contributed by atoms with van der Waals surface area (Å²) in [6.07, 6.45) is 3.38. The third-order valence-corrected chi connectivity index (χ3v) is 5.91. The van der Waals surface area contributed by atoms with Crippen molar-refractivity contribution in [1.82, 2.24) is 15.2 Å². The van der Waals surface area contributed by atoms with E-state index in [4.69, 9.17) is 4.74 Å². The van der Waals surface area contributed by atoms with Gasteiger partial charge in [0.15, 0.2) is 6.10 Å². The number of nitrogens with zero attached hydrogens (tertiary/aromatic N) is 3. The number of hydrogen-bond acceptors (Lipinski definition) is 5. The third kappa shape index (κ3) is 3.98. The largest absolute Gasteiger partial charge is 0.365 e. The van der Waals surface area contributed by atoms with Gasteiger partial charge in [-0.3, -0.25) is 9.78 Å². The molecule has 1 N–H and O–H groups in total. The first-order valence-electron chi connectivity index (χ1n) is 10.2. The van der Waals surface area contributed by atoms with Crippen LogP contribution in [0.4, 0.5) is 5.69 Å². The first-order valence-corrected chi connectivity index (χ1v) is 10.2. The van der Waals surface area contributed by atoms with Gasteiger partial charge in [0.25, 0.3) is 5.91 Å². The van der Waals surface area contributed by atoms with Crippen LogP contribution in [0, 0.1) is 6.92 Å². The average molecular weight is 383 g/mol. The highest BCUT2D eigenvalue weighted by Crippen LogP contribution is 2.30. The Morgan fingerprint density at radius 3 is 2.79 bits per heavy atom. The number of carbonyl (C=O) groups is 1. The lowest BCUT2D eigenvalue weighted by atomic mass is 10.0. The number of likely N-dealkylation sites (tertiary alicyclic amines) is 1. The Morgan fingerprint density at radius 2 is 2.00 bits per heavy atom. The Balaban J connectivity index is 1.51. The number of pyridine rings is 1. The van der Waals surface area contributed by atoms with E-state index in [9.17, 15) is 4.79 Å². The molecule has 2 aromatic rings. The van der Waals surface area contributed by atoms with Gasteiger partial charge in [-0.05, 0) is 70.6 Å². The highest BCUT2D eigenvalue weighted by Gasteiger charge is 2.32. The SMILES string of the molecule is Cc1ccc(N2CC(C)OC(C(=O)NC3CCN(C)CC3)C2)c2cccnc12. The van der Waals surface area contributed by atoms with Crippen molar-refractivity contribution in [3.05, 3.63) is 36.0 Å². The third-order valence-electron chi connectivity index (χ3n) is 5.91. The number of aromatic nitrogens is 1. The predicted molar refractivity (Wildman–Crippen MR) is 112 cm³/mol. The number of piperidine rings is 1. The molecule has 28 heavy (non-hydrogen) atoms. The maximum atomic E-state index is 12.9. The fourth-order valence-electron chi connectivity index (χ4n) is 4.31. The van der Waals surface area contributed by atoms with Crippen LogP contribution >= 0.6 is 0 Å². The van der Waals surface area contributed by atoms with Gasteiger partial charge in [-0.1, -0.05) is 6.07 Å². The zero-order valence-corrected chi connectivity index (χ0v) is 17.0. The fraction of sp³-hybridized carbons (Fsp3) is 0.545. The minimum atomic E-state index is -0.448. The normalized spacial score (nSPS) is 24.5. The molecule has 1 aromatic heterocycles. The number of carbonyl (C=O) groups excluding carboxylic acids is 1. The Morgan fingerprint density at radius 1 is 1.21 bits per heavy atom. The van der Waals surface area contributed by atoms with Crippen molar-refractivity contribution >= 4 is 22.5 Å². The quantitative estimate of drug-likeness (QED) is 0.883. The van der Waals surface area contributed by atoms with Crippen LogP contribution in [0.25, 0.3) is 10.9 Å². The highest BCUT2D eigenvalue weighted by atomic mass is 16.5. The maximum absolute atomic E-state index is 12.9. The van der Waals surface area contributed by atoms with E-state index in [1.807, 2.05) is 19.2 Å². The summed E-state index contributed by atoms with van der Waals surface area (Å²) in [5, 5.41) is 4.35. The van der Waals surface area contributed by atoms with Crippen molar-refractivity contribution in [3.8, 4) is 0 Å². The van der Waals surface area contributed by atoms with Gasteiger partial charge in [-0.2, -0.15) is 0 Å². The second-order valence-electron chi connectivity index (χ2n) is 8.23. The zero-order chi connectivity index (χ0) is 19.7. The molecular formula is C22H30N4O2. The molecule has 6 nitrogen and oxygen atoms in total. The van der Waals surface area contributed by atoms with Gasteiger partial charge < -0.3 is 19.9 Å². The number of ether oxygens (including phenoxy) is 1. The molecule has 2 saturated heterocycles. The number of fused-ring (bicyclic) bond motifs is 1. The van der Waals surface area contributed by atoms with Gasteiger partial charge in [0.05, 0.1) is 18.2 Å². The average Bonchev–Trinajstić information content (AvgIpc) is 2.70. The number of nitrogens with one attached hydrogen (secondary N) is 1. The molecule has 1 amide bonds. The molecule has 2 fully saturated rings. The van der Waals surface area contributed by atoms with Crippen LogP contribution in [0.2, 0.25) is 0 Å². The molecular weight excluding hydrogens is 352 g/mol. The Hall–Kier alpha value is -2.18. The van der Waals surface area contributed by atoms with Crippen molar-refractivity contribution in [1.29, 1.82) is 0 Å². The van der Waals surface area contributed by atoms with Crippen LogP contribution in [0.5, 0.6) is 0 Å².